The van der Waals surface area contributed by atoms with Crippen molar-refractivity contribution < 1.29 is 18.3 Å². The Balaban J connectivity index is 0.00000121. The van der Waals surface area contributed by atoms with Crippen LogP contribution in [0.25, 0.3) is 0 Å². The Morgan fingerprint density at radius 1 is 1.12 bits per heavy atom. The molecule has 1 aliphatic carbocycles. The van der Waals surface area contributed by atoms with Crippen molar-refractivity contribution in [2.45, 2.75) is 24.6 Å². The van der Waals surface area contributed by atoms with Crippen molar-refractivity contribution in [3.63, 3.8) is 0 Å². The molecule has 4 rings (SSSR count). The molecule has 1 aromatic carbocycles. The number of nitrogens with zero attached hydrogens (tertiary/aromatic N) is 1. The minimum atomic E-state index is -4.37. The van der Waals surface area contributed by atoms with E-state index in [2.05, 4.69) is 10.2 Å². The van der Waals surface area contributed by atoms with E-state index in [0.29, 0.717) is 18.4 Å². The Labute approximate surface area is 164 Å². The van der Waals surface area contributed by atoms with Crippen LogP contribution in [0, 0.1) is 17.8 Å². The minimum absolute atomic E-state index is 0. The topological polar surface area (TPSA) is 35.5 Å². The van der Waals surface area contributed by atoms with E-state index in [9.17, 15) is 18.3 Å². The first-order valence-electron chi connectivity index (χ1n) is 8.70. The Bertz CT molecular complexity index is 611. The molecular weight excluding hydrogens is 388 g/mol. The zero-order chi connectivity index (χ0) is 16.9. The molecule has 148 valence electrons. The van der Waals surface area contributed by atoms with Crippen LogP contribution in [-0.2, 0) is 11.8 Å². The Morgan fingerprint density at radius 2 is 1.73 bits per heavy atom. The average molecular weight is 413 g/mol. The van der Waals surface area contributed by atoms with E-state index in [4.69, 9.17) is 0 Å². The predicted molar refractivity (Wildman–Crippen MR) is 98.9 cm³/mol. The highest BCUT2D eigenvalue weighted by molar-refractivity contribution is 5.85. The van der Waals surface area contributed by atoms with Crippen LogP contribution < -0.4 is 5.32 Å². The molecule has 3 fully saturated rings. The van der Waals surface area contributed by atoms with Crippen molar-refractivity contribution in [3.05, 3.63) is 35.4 Å². The Morgan fingerprint density at radius 3 is 2.31 bits per heavy atom. The maximum Gasteiger partial charge on any atom is 0.416 e. The third-order valence-electron chi connectivity index (χ3n) is 6.15. The van der Waals surface area contributed by atoms with Crippen molar-refractivity contribution in [1.29, 1.82) is 0 Å². The van der Waals surface area contributed by atoms with Gasteiger partial charge in [-0.25, -0.2) is 0 Å². The summed E-state index contributed by atoms with van der Waals surface area (Å²) in [7, 11) is 0. The van der Waals surface area contributed by atoms with Gasteiger partial charge in [-0.2, -0.15) is 13.2 Å². The third kappa shape index (κ3) is 4.14. The monoisotopic (exact) mass is 412 g/mol. The lowest BCUT2D eigenvalue weighted by atomic mass is 9.83. The van der Waals surface area contributed by atoms with E-state index >= 15 is 0 Å². The van der Waals surface area contributed by atoms with Gasteiger partial charge in [-0.3, -0.25) is 0 Å². The summed E-state index contributed by atoms with van der Waals surface area (Å²) in [5.41, 5.74) is -1.43. The number of aliphatic hydroxyl groups is 1. The summed E-state index contributed by atoms with van der Waals surface area (Å²) >= 11 is 0. The van der Waals surface area contributed by atoms with Crippen LogP contribution >= 0.6 is 24.8 Å². The number of nitrogens with one attached hydrogen (secondary N) is 1. The molecule has 2 heterocycles. The fraction of sp³-hybridized carbons (Fsp3) is 0.667. The normalized spacial score (nSPS) is 30.1. The number of likely N-dealkylation sites (tertiary alicyclic amines) is 1. The van der Waals surface area contributed by atoms with Crippen LogP contribution in [0.2, 0.25) is 0 Å². The maximum atomic E-state index is 12.9. The van der Waals surface area contributed by atoms with Gasteiger partial charge in [0.15, 0.2) is 0 Å². The summed E-state index contributed by atoms with van der Waals surface area (Å²) in [6.45, 7) is 4.80. The van der Waals surface area contributed by atoms with Gasteiger partial charge in [0.05, 0.1) is 11.2 Å². The molecule has 8 heteroatoms. The van der Waals surface area contributed by atoms with E-state index in [1.165, 1.54) is 6.07 Å². The first-order chi connectivity index (χ1) is 11.4. The molecule has 1 aromatic rings. The molecule has 1 saturated carbocycles. The summed E-state index contributed by atoms with van der Waals surface area (Å²) in [4.78, 5) is 2.37. The van der Waals surface area contributed by atoms with Crippen LogP contribution in [-0.4, -0.2) is 42.7 Å². The third-order valence-corrected chi connectivity index (χ3v) is 6.15. The van der Waals surface area contributed by atoms with Crippen LogP contribution in [0.3, 0.4) is 0 Å². The van der Waals surface area contributed by atoms with Gasteiger partial charge in [-0.1, -0.05) is 12.1 Å². The zero-order valence-corrected chi connectivity index (χ0v) is 16.0. The lowest BCUT2D eigenvalue weighted by molar-refractivity contribution is -0.137. The summed E-state index contributed by atoms with van der Waals surface area (Å²) in [5.74, 6) is 2.40. The number of benzene rings is 1. The van der Waals surface area contributed by atoms with Crippen molar-refractivity contribution in [1.82, 2.24) is 10.2 Å². The van der Waals surface area contributed by atoms with Gasteiger partial charge >= 0.3 is 6.18 Å². The number of rotatable bonds is 3. The summed E-state index contributed by atoms with van der Waals surface area (Å²) < 4.78 is 38.7. The molecular formula is C18H25Cl2F3N2O. The SMILES string of the molecule is Cl.Cl.OC1(c2cccc(C(F)(F)F)c2)CCN(CC2[C@H]3CNC[C@@H]23)CC1. The minimum Gasteiger partial charge on any atom is -0.385 e. The van der Waals surface area contributed by atoms with E-state index in [1.807, 2.05) is 0 Å². The predicted octanol–water partition coefficient (Wildman–Crippen LogP) is 3.30. The fourth-order valence-electron chi connectivity index (χ4n) is 4.49. The molecule has 0 spiro atoms. The summed E-state index contributed by atoms with van der Waals surface area (Å²) in [5, 5.41) is 14.2. The van der Waals surface area contributed by atoms with Crippen molar-refractivity contribution >= 4 is 24.8 Å². The Hall–Kier alpha value is -0.530. The molecule has 0 radical (unpaired) electrons. The molecule has 3 nitrogen and oxygen atoms in total. The van der Waals surface area contributed by atoms with Crippen LogP contribution in [0.1, 0.15) is 24.0 Å². The number of piperidine rings is 2. The van der Waals surface area contributed by atoms with Gasteiger partial charge in [-0.15, -0.1) is 24.8 Å². The molecule has 26 heavy (non-hydrogen) atoms. The molecule has 0 amide bonds. The second-order valence-electron chi connectivity index (χ2n) is 7.56. The molecule has 3 atom stereocenters. The first kappa shape index (κ1) is 21.8. The number of alkyl halides is 3. The highest BCUT2D eigenvalue weighted by atomic mass is 35.5. The number of halogens is 5. The summed E-state index contributed by atoms with van der Waals surface area (Å²) in [6.07, 6.45) is -3.38. The van der Waals surface area contributed by atoms with Gasteiger partial charge in [0.25, 0.3) is 0 Å². The lowest BCUT2D eigenvalue weighted by Crippen LogP contribution is -2.43. The van der Waals surface area contributed by atoms with Crippen molar-refractivity contribution in [3.8, 4) is 0 Å². The largest absolute Gasteiger partial charge is 0.416 e. The molecule has 3 aliphatic rings. The van der Waals surface area contributed by atoms with Crippen LogP contribution in [0.4, 0.5) is 13.2 Å². The second-order valence-corrected chi connectivity index (χ2v) is 7.56. The zero-order valence-electron chi connectivity index (χ0n) is 14.3. The Kier molecular flexibility index (Phi) is 6.56. The molecule has 2 saturated heterocycles. The van der Waals surface area contributed by atoms with E-state index in [1.54, 1.807) is 6.07 Å². The number of hydrogen-bond acceptors (Lipinski definition) is 3. The standard InChI is InChI=1S/C18H23F3N2O.2ClH/c19-18(20,21)13-3-1-2-12(8-13)17(24)4-6-23(7-5-17)11-16-14-9-22-10-15(14)16;;/h1-3,8,14-16,22,24H,4-7,9-11H2;2*1H/t14-,15+,16?;;. The van der Waals surface area contributed by atoms with Gasteiger partial charge in [-0.05, 0) is 61.4 Å². The van der Waals surface area contributed by atoms with Crippen LogP contribution in [0.15, 0.2) is 24.3 Å². The second kappa shape index (κ2) is 7.84. The first-order valence-corrected chi connectivity index (χ1v) is 8.70. The number of fused-ring (bicyclic) bond motifs is 1. The van der Waals surface area contributed by atoms with Crippen LogP contribution in [0.5, 0.6) is 0 Å². The highest BCUT2D eigenvalue weighted by Gasteiger charge is 2.53. The highest BCUT2D eigenvalue weighted by Crippen LogP contribution is 2.49. The van der Waals surface area contributed by atoms with Gasteiger partial charge in [0.2, 0.25) is 0 Å². The lowest BCUT2D eigenvalue weighted by Gasteiger charge is -2.39. The van der Waals surface area contributed by atoms with Crippen molar-refractivity contribution in [2.75, 3.05) is 32.7 Å². The molecule has 2 N–H and O–H groups in total. The van der Waals surface area contributed by atoms with Gasteiger partial charge in [0, 0.05) is 19.6 Å². The molecule has 1 unspecified atom stereocenters. The van der Waals surface area contributed by atoms with E-state index in [0.717, 1.165) is 62.6 Å². The number of hydrogen-bond donors (Lipinski definition) is 2. The quantitative estimate of drug-likeness (QED) is 0.799. The molecule has 0 bridgehead atoms. The maximum absolute atomic E-state index is 12.9. The molecule has 2 aliphatic heterocycles. The average Bonchev–Trinajstić information content (AvgIpc) is 2.97. The smallest absolute Gasteiger partial charge is 0.385 e. The van der Waals surface area contributed by atoms with E-state index < -0.39 is 17.3 Å². The summed E-state index contributed by atoms with van der Waals surface area (Å²) in [6, 6.07) is 5.16. The molecule has 0 aromatic heterocycles. The van der Waals surface area contributed by atoms with Gasteiger partial charge in [0.1, 0.15) is 0 Å². The van der Waals surface area contributed by atoms with Crippen molar-refractivity contribution in [2.24, 2.45) is 17.8 Å². The van der Waals surface area contributed by atoms with Gasteiger partial charge < -0.3 is 15.3 Å². The fourth-order valence-corrected chi connectivity index (χ4v) is 4.49. The van der Waals surface area contributed by atoms with E-state index in [-0.39, 0.29) is 24.8 Å².